The van der Waals surface area contributed by atoms with Gasteiger partial charge < -0.3 is 9.47 Å². The van der Waals surface area contributed by atoms with Crippen molar-refractivity contribution in [3.63, 3.8) is 0 Å². The second-order valence-corrected chi connectivity index (χ2v) is 7.52. The number of carbonyl (C=O) groups excluding carboxylic acids is 1. The Balaban J connectivity index is 2.57. The Kier molecular flexibility index (Phi) is 5.86. The predicted molar refractivity (Wildman–Crippen MR) is 95.4 cm³/mol. The topological polar surface area (TPSA) is 72.9 Å². The summed E-state index contributed by atoms with van der Waals surface area (Å²) in [4.78, 5) is 11.5. The van der Waals surface area contributed by atoms with Crippen LogP contribution < -0.4 is 9.04 Å². The highest BCUT2D eigenvalue weighted by molar-refractivity contribution is 7.92. The highest BCUT2D eigenvalue weighted by Crippen LogP contribution is 2.28. The molecular formula is C18H20FNO5S. The van der Waals surface area contributed by atoms with Crippen molar-refractivity contribution in [1.29, 1.82) is 0 Å². The molecule has 8 heteroatoms. The van der Waals surface area contributed by atoms with Gasteiger partial charge in [-0.2, -0.15) is 0 Å². The summed E-state index contributed by atoms with van der Waals surface area (Å²) in [6, 6.07) is 8.29. The molecule has 0 spiro atoms. The summed E-state index contributed by atoms with van der Waals surface area (Å²) in [6.45, 7) is 3.18. The summed E-state index contributed by atoms with van der Waals surface area (Å²) >= 11 is 0. The number of carbonyl (C=O) groups is 1. The Hall–Kier alpha value is -2.61. The molecule has 0 atom stereocenters. The number of sulfonamides is 1. The molecule has 0 aliphatic rings. The van der Waals surface area contributed by atoms with Gasteiger partial charge in [0.1, 0.15) is 6.54 Å². The third-order valence-electron chi connectivity index (χ3n) is 3.99. The van der Waals surface area contributed by atoms with E-state index in [1.54, 1.807) is 18.2 Å². The minimum absolute atomic E-state index is 0.0744. The molecule has 6 nitrogen and oxygen atoms in total. The number of hydrogen-bond acceptors (Lipinski definition) is 5. The Bertz CT molecular complexity index is 927. The lowest BCUT2D eigenvalue weighted by Gasteiger charge is -2.24. The van der Waals surface area contributed by atoms with Crippen molar-refractivity contribution in [1.82, 2.24) is 0 Å². The van der Waals surface area contributed by atoms with Gasteiger partial charge in [0, 0.05) is 0 Å². The van der Waals surface area contributed by atoms with E-state index in [0.717, 1.165) is 21.5 Å². The van der Waals surface area contributed by atoms with E-state index in [9.17, 15) is 17.6 Å². The summed E-state index contributed by atoms with van der Waals surface area (Å²) in [7, 11) is -1.75. The normalized spacial score (nSPS) is 11.1. The number of ether oxygens (including phenoxy) is 2. The van der Waals surface area contributed by atoms with Crippen LogP contribution in [0.3, 0.4) is 0 Å². The van der Waals surface area contributed by atoms with Crippen molar-refractivity contribution in [2.75, 3.05) is 25.1 Å². The number of benzene rings is 2. The molecule has 0 amide bonds. The Morgan fingerprint density at radius 1 is 1.08 bits per heavy atom. The van der Waals surface area contributed by atoms with Crippen molar-refractivity contribution >= 4 is 21.7 Å². The molecule has 0 radical (unpaired) electrons. The third-order valence-corrected chi connectivity index (χ3v) is 5.76. The first-order chi connectivity index (χ1) is 12.2. The molecule has 0 saturated heterocycles. The second kappa shape index (κ2) is 7.74. The number of aryl methyl sites for hydroxylation is 2. The molecular weight excluding hydrogens is 361 g/mol. The van der Waals surface area contributed by atoms with Crippen LogP contribution in [0.15, 0.2) is 41.3 Å². The first kappa shape index (κ1) is 19.7. The summed E-state index contributed by atoms with van der Waals surface area (Å²) in [5.74, 6) is -1.62. The molecule has 0 heterocycles. The quantitative estimate of drug-likeness (QED) is 0.720. The van der Waals surface area contributed by atoms with Crippen LogP contribution in [-0.2, 0) is 19.6 Å². The smallest absolute Gasteiger partial charge is 0.326 e. The number of esters is 1. The number of rotatable bonds is 6. The van der Waals surface area contributed by atoms with Gasteiger partial charge in [-0.1, -0.05) is 6.07 Å². The molecule has 2 aromatic carbocycles. The van der Waals surface area contributed by atoms with Gasteiger partial charge in [0.05, 0.1) is 24.8 Å². The van der Waals surface area contributed by atoms with Crippen molar-refractivity contribution in [3.8, 4) is 5.75 Å². The molecule has 0 unspecified atom stereocenters. The maximum Gasteiger partial charge on any atom is 0.326 e. The standard InChI is InChI=1S/C18H20FNO5S/c1-12-5-6-14(9-13(12)2)20(11-18(21)25-4)26(22,23)15-7-8-17(24-3)16(19)10-15/h5-10H,11H2,1-4H3. The molecule has 0 aliphatic carbocycles. The lowest BCUT2D eigenvalue weighted by molar-refractivity contribution is -0.138. The number of anilines is 1. The molecule has 0 bridgehead atoms. The summed E-state index contributed by atoms with van der Waals surface area (Å²) in [6.07, 6.45) is 0. The molecule has 2 aromatic rings. The highest BCUT2D eigenvalue weighted by Gasteiger charge is 2.28. The van der Waals surface area contributed by atoms with Crippen LogP contribution >= 0.6 is 0 Å². The molecule has 0 saturated carbocycles. The average molecular weight is 381 g/mol. The first-order valence-corrected chi connectivity index (χ1v) is 9.15. The van der Waals surface area contributed by atoms with Gasteiger partial charge in [0.15, 0.2) is 11.6 Å². The largest absolute Gasteiger partial charge is 0.494 e. The van der Waals surface area contributed by atoms with Crippen LogP contribution in [0.1, 0.15) is 11.1 Å². The molecule has 0 N–H and O–H groups in total. The molecule has 26 heavy (non-hydrogen) atoms. The Morgan fingerprint density at radius 3 is 2.31 bits per heavy atom. The molecule has 140 valence electrons. The fourth-order valence-corrected chi connectivity index (χ4v) is 3.73. The van der Waals surface area contributed by atoms with Gasteiger partial charge in [-0.3, -0.25) is 9.10 Å². The molecule has 2 rings (SSSR count). The zero-order chi connectivity index (χ0) is 19.5. The van der Waals surface area contributed by atoms with Crippen molar-refractivity contribution < 1.29 is 27.1 Å². The maximum absolute atomic E-state index is 14.0. The zero-order valence-corrected chi connectivity index (χ0v) is 15.8. The third kappa shape index (κ3) is 3.96. The average Bonchev–Trinajstić information content (AvgIpc) is 2.61. The van der Waals surface area contributed by atoms with Crippen LogP contribution in [0.2, 0.25) is 0 Å². The van der Waals surface area contributed by atoms with Crippen molar-refractivity contribution in [2.24, 2.45) is 0 Å². The SMILES string of the molecule is COC(=O)CN(c1ccc(C)c(C)c1)S(=O)(=O)c1ccc(OC)c(F)c1. The van der Waals surface area contributed by atoms with Gasteiger partial charge in [-0.05, 0) is 55.3 Å². The van der Waals surface area contributed by atoms with Crippen molar-refractivity contribution in [2.45, 2.75) is 18.7 Å². The summed E-state index contributed by atoms with van der Waals surface area (Å²) in [5.41, 5.74) is 2.11. The van der Waals surface area contributed by atoms with Gasteiger partial charge in [0.2, 0.25) is 0 Å². The maximum atomic E-state index is 14.0. The van der Waals surface area contributed by atoms with E-state index < -0.39 is 28.4 Å². The van der Waals surface area contributed by atoms with E-state index in [1.165, 1.54) is 26.4 Å². The van der Waals surface area contributed by atoms with Crippen LogP contribution in [-0.4, -0.2) is 35.2 Å². The van der Waals surface area contributed by atoms with E-state index >= 15 is 0 Å². The lowest BCUT2D eigenvalue weighted by Crippen LogP contribution is -2.36. The van der Waals surface area contributed by atoms with Crippen LogP contribution in [0.25, 0.3) is 0 Å². The van der Waals surface area contributed by atoms with Gasteiger partial charge >= 0.3 is 5.97 Å². The van der Waals surface area contributed by atoms with Gasteiger partial charge in [-0.25, -0.2) is 12.8 Å². The van der Waals surface area contributed by atoms with Crippen LogP contribution in [0.5, 0.6) is 5.75 Å². The van der Waals surface area contributed by atoms with E-state index in [-0.39, 0.29) is 16.3 Å². The lowest BCUT2D eigenvalue weighted by atomic mass is 10.1. The fourth-order valence-electron chi connectivity index (χ4n) is 2.31. The predicted octanol–water partition coefficient (Wildman–Crippen LogP) is 2.82. The van der Waals surface area contributed by atoms with Crippen LogP contribution in [0.4, 0.5) is 10.1 Å². The van der Waals surface area contributed by atoms with E-state index in [0.29, 0.717) is 0 Å². The Labute approximate surface area is 152 Å². The van der Waals surface area contributed by atoms with Gasteiger partial charge in [0.25, 0.3) is 10.0 Å². The second-order valence-electron chi connectivity index (χ2n) is 5.65. The van der Waals surface area contributed by atoms with E-state index in [1.807, 2.05) is 13.8 Å². The monoisotopic (exact) mass is 381 g/mol. The first-order valence-electron chi connectivity index (χ1n) is 7.71. The van der Waals surface area contributed by atoms with E-state index in [4.69, 9.17) is 4.74 Å². The fraction of sp³-hybridized carbons (Fsp3) is 0.278. The molecule has 0 aromatic heterocycles. The number of halogens is 1. The number of hydrogen-bond donors (Lipinski definition) is 0. The Morgan fingerprint density at radius 2 is 1.77 bits per heavy atom. The minimum Gasteiger partial charge on any atom is -0.494 e. The number of nitrogens with zero attached hydrogens (tertiary/aromatic N) is 1. The summed E-state index contributed by atoms with van der Waals surface area (Å²) < 4.78 is 50.4. The van der Waals surface area contributed by atoms with Crippen LogP contribution in [0, 0.1) is 19.7 Å². The molecule has 0 fully saturated rings. The van der Waals surface area contributed by atoms with Crippen molar-refractivity contribution in [3.05, 3.63) is 53.3 Å². The van der Waals surface area contributed by atoms with Gasteiger partial charge in [-0.15, -0.1) is 0 Å². The number of methoxy groups -OCH3 is 2. The molecule has 0 aliphatic heterocycles. The zero-order valence-electron chi connectivity index (χ0n) is 14.9. The summed E-state index contributed by atoms with van der Waals surface area (Å²) in [5, 5.41) is 0. The minimum atomic E-state index is -4.20. The highest BCUT2D eigenvalue weighted by atomic mass is 32.2. The van der Waals surface area contributed by atoms with E-state index in [2.05, 4.69) is 4.74 Å².